The van der Waals surface area contributed by atoms with Crippen LogP contribution in [0.2, 0.25) is 5.02 Å². The molecule has 0 aliphatic heterocycles. The van der Waals surface area contributed by atoms with Crippen LogP contribution in [0, 0.1) is 0 Å². The number of amidine groups is 1. The molecule has 0 bridgehead atoms. The van der Waals surface area contributed by atoms with E-state index in [9.17, 15) is 0 Å². The molecule has 0 spiro atoms. The summed E-state index contributed by atoms with van der Waals surface area (Å²) < 4.78 is 0. The molecule has 120 valence electrons. The molecule has 0 saturated heterocycles. The molecule has 6 heteroatoms. The van der Waals surface area contributed by atoms with Crippen molar-refractivity contribution in [3.8, 4) is 10.4 Å². The maximum absolute atomic E-state index is 6.09. The van der Waals surface area contributed by atoms with Crippen molar-refractivity contribution in [2.24, 2.45) is 10.7 Å². The molecule has 0 aliphatic carbocycles. The summed E-state index contributed by atoms with van der Waals surface area (Å²) in [6, 6.07) is 13.9. The zero-order valence-electron chi connectivity index (χ0n) is 12.8. The lowest BCUT2D eigenvalue weighted by atomic mass is 10.0. The number of hydrogen-bond donors (Lipinski definition) is 2. The molecule has 0 atom stereocenters. The summed E-state index contributed by atoms with van der Waals surface area (Å²) in [5.74, 6) is 0.423. The maximum Gasteiger partial charge on any atom is 0.279 e. The Hall–Kier alpha value is -2.50. The Morgan fingerprint density at radius 2 is 1.92 bits per heavy atom. The minimum Gasteiger partial charge on any atom is -0.362 e. The Balaban J connectivity index is 2.02. The highest BCUT2D eigenvalue weighted by Crippen LogP contribution is 2.32. The van der Waals surface area contributed by atoms with E-state index in [1.54, 1.807) is 23.7 Å². The SMILES string of the molecule is NC(=NC=[NH2+])c1sc(-c2ccncc2)cc1Cc1ccc(Cl)cc1. The van der Waals surface area contributed by atoms with E-state index in [1.807, 2.05) is 36.4 Å². The summed E-state index contributed by atoms with van der Waals surface area (Å²) in [6.07, 6.45) is 5.51. The van der Waals surface area contributed by atoms with Crippen molar-refractivity contribution in [1.29, 1.82) is 0 Å². The third kappa shape index (κ3) is 3.69. The largest absolute Gasteiger partial charge is 0.362 e. The molecule has 0 amide bonds. The molecular formula is C18H16ClN4S+. The highest BCUT2D eigenvalue weighted by Gasteiger charge is 2.16. The number of rotatable bonds is 5. The lowest BCUT2D eigenvalue weighted by Gasteiger charge is -2.02. The molecule has 0 aliphatic rings. The standard InChI is InChI=1S/C18H15ClN4S/c19-15-3-1-12(2-4-15)9-14-10-16(13-5-7-22-8-6-13)24-17(14)18(21)23-11-20/h1-8,10-11H,9H2,(H3,20,21,23)/p+1. The van der Waals surface area contributed by atoms with Gasteiger partial charge in [0.1, 0.15) is 0 Å². The van der Waals surface area contributed by atoms with Crippen molar-refractivity contribution in [2.75, 3.05) is 0 Å². The number of hydrogen-bond acceptors (Lipinski definition) is 2. The predicted molar refractivity (Wildman–Crippen MR) is 101 cm³/mol. The molecule has 4 nitrogen and oxygen atoms in total. The van der Waals surface area contributed by atoms with Crippen LogP contribution in [0.4, 0.5) is 0 Å². The quantitative estimate of drug-likeness (QED) is 0.545. The van der Waals surface area contributed by atoms with Crippen molar-refractivity contribution < 1.29 is 5.41 Å². The van der Waals surface area contributed by atoms with Gasteiger partial charge in [-0.05, 0) is 58.4 Å². The van der Waals surface area contributed by atoms with E-state index in [0.29, 0.717) is 5.84 Å². The number of aliphatic imine (C=N–C) groups is 1. The minimum atomic E-state index is 0.423. The molecule has 1 aromatic carbocycles. The normalized spacial score (nSPS) is 11.5. The first-order valence-corrected chi connectivity index (χ1v) is 8.51. The summed E-state index contributed by atoms with van der Waals surface area (Å²) in [4.78, 5) is 10.2. The molecule has 2 heterocycles. The fourth-order valence-electron chi connectivity index (χ4n) is 2.40. The molecule has 3 rings (SSSR count). The second kappa shape index (κ2) is 7.38. The van der Waals surface area contributed by atoms with Crippen molar-refractivity contribution in [1.82, 2.24) is 4.98 Å². The lowest BCUT2D eigenvalue weighted by molar-refractivity contribution is -0.106. The average molecular weight is 356 g/mol. The van der Waals surface area contributed by atoms with Crippen molar-refractivity contribution in [3.63, 3.8) is 0 Å². The van der Waals surface area contributed by atoms with E-state index in [1.165, 1.54) is 6.34 Å². The van der Waals surface area contributed by atoms with Crippen LogP contribution in [-0.2, 0) is 6.42 Å². The number of aromatic nitrogens is 1. The number of halogens is 1. The van der Waals surface area contributed by atoms with Crippen molar-refractivity contribution in [3.05, 3.63) is 75.9 Å². The molecule has 4 N–H and O–H groups in total. The van der Waals surface area contributed by atoms with Crippen molar-refractivity contribution in [2.45, 2.75) is 6.42 Å². The van der Waals surface area contributed by atoms with E-state index in [4.69, 9.17) is 22.7 Å². The smallest absolute Gasteiger partial charge is 0.279 e. The maximum atomic E-state index is 6.09. The molecule has 24 heavy (non-hydrogen) atoms. The van der Waals surface area contributed by atoms with E-state index in [2.05, 4.69) is 16.0 Å². The number of benzene rings is 1. The Kier molecular flexibility index (Phi) is 5.03. The van der Waals surface area contributed by atoms with Gasteiger partial charge in [-0.3, -0.25) is 10.4 Å². The van der Waals surface area contributed by atoms with Gasteiger partial charge >= 0.3 is 0 Å². The Morgan fingerprint density at radius 1 is 1.21 bits per heavy atom. The van der Waals surface area contributed by atoms with Crippen LogP contribution >= 0.6 is 22.9 Å². The molecule has 2 aromatic heterocycles. The van der Waals surface area contributed by atoms with Crippen LogP contribution in [0.25, 0.3) is 10.4 Å². The van der Waals surface area contributed by atoms with Gasteiger partial charge < -0.3 is 5.73 Å². The molecular weight excluding hydrogens is 340 g/mol. The van der Waals surface area contributed by atoms with Gasteiger partial charge in [-0.1, -0.05) is 23.7 Å². The van der Waals surface area contributed by atoms with Crippen LogP contribution < -0.4 is 11.1 Å². The zero-order chi connectivity index (χ0) is 16.9. The van der Waals surface area contributed by atoms with E-state index < -0.39 is 0 Å². The van der Waals surface area contributed by atoms with Gasteiger partial charge in [0.05, 0.1) is 4.88 Å². The molecule has 0 unspecified atom stereocenters. The van der Waals surface area contributed by atoms with E-state index in [-0.39, 0.29) is 0 Å². The van der Waals surface area contributed by atoms with Crippen LogP contribution in [0.15, 0.2) is 59.9 Å². The molecule has 0 radical (unpaired) electrons. The van der Waals surface area contributed by atoms with Crippen LogP contribution in [0.1, 0.15) is 16.0 Å². The average Bonchev–Trinajstić information content (AvgIpc) is 3.02. The lowest BCUT2D eigenvalue weighted by Crippen LogP contribution is -2.30. The first kappa shape index (κ1) is 16.4. The minimum absolute atomic E-state index is 0.423. The summed E-state index contributed by atoms with van der Waals surface area (Å²) in [5.41, 5.74) is 9.46. The Bertz CT molecular complexity index is 870. The van der Waals surface area contributed by atoms with Gasteiger partial charge in [-0.15, -0.1) is 11.3 Å². The van der Waals surface area contributed by atoms with Gasteiger partial charge in [-0.2, -0.15) is 0 Å². The fraction of sp³-hybridized carbons (Fsp3) is 0.0556. The topological polar surface area (TPSA) is 76.9 Å². The summed E-state index contributed by atoms with van der Waals surface area (Å²) in [6.45, 7) is 0. The Labute approximate surface area is 149 Å². The third-order valence-corrected chi connectivity index (χ3v) is 5.03. The van der Waals surface area contributed by atoms with Gasteiger partial charge in [0, 0.05) is 22.3 Å². The highest BCUT2D eigenvalue weighted by molar-refractivity contribution is 7.17. The number of pyridine rings is 1. The highest BCUT2D eigenvalue weighted by atomic mass is 35.5. The first-order chi connectivity index (χ1) is 11.7. The molecule has 0 fully saturated rings. The predicted octanol–water partition coefficient (Wildman–Crippen LogP) is 2.55. The summed E-state index contributed by atoms with van der Waals surface area (Å²) in [5, 5.41) is 6.12. The summed E-state index contributed by atoms with van der Waals surface area (Å²) in [7, 11) is 0. The fourth-order valence-corrected chi connectivity index (χ4v) is 3.62. The van der Waals surface area contributed by atoms with Gasteiger partial charge in [-0.25, -0.2) is 0 Å². The van der Waals surface area contributed by atoms with Gasteiger partial charge in [0.15, 0.2) is 0 Å². The first-order valence-electron chi connectivity index (χ1n) is 7.32. The second-order valence-corrected chi connectivity index (χ2v) is 6.66. The number of nitrogens with zero attached hydrogens (tertiary/aromatic N) is 2. The number of thiophene rings is 1. The van der Waals surface area contributed by atoms with Gasteiger partial charge in [0.2, 0.25) is 0 Å². The Morgan fingerprint density at radius 3 is 2.58 bits per heavy atom. The summed E-state index contributed by atoms with van der Waals surface area (Å²) >= 11 is 7.56. The van der Waals surface area contributed by atoms with E-state index in [0.717, 1.165) is 37.9 Å². The third-order valence-electron chi connectivity index (χ3n) is 3.53. The van der Waals surface area contributed by atoms with E-state index >= 15 is 0 Å². The molecule has 3 aromatic rings. The van der Waals surface area contributed by atoms with Crippen LogP contribution in [-0.4, -0.2) is 17.2 Å². The van der Waals surface area contributed by atoms with Crippen LogP contribution in [0.3, 0.4) is 0 Å². The number of nitrogens with two attached hydrogens (primary N) is 2. The molecule has 0 saturated carbocycles. The van der Waals surface area contributed by atoms with Crippen molar-refractivity contribution >= 4 is 35.1 Å². The van der Waals surface area contributed by atoms with Gasteiger partial charge in [0.25, 0.3) is 12.2 Å². The second-order valence-electron chi connectivity index (χ2n) is 5.17. The monoisotopic (exact) mass is 355 g/mol. The zero-order valence-corrected chi connectivity index (χ0v) is 14.4. The van der Waals surface area contributed by atoms with Crippen LogP contribution in [0.5, 0.6) is 0 Å².